The minimum absolute atomic E-state index is 0.0420. The number of carbonyl (C=O) groups is 2. The number of carbonyl (C=O) groups excluding carboxylic acids is 2. The molecule has 0 bridgehead atoms. The molecule has 4 amide bonds. The SMILES string of the molecule is Cc1ccc(S(=O)(=O)NC(=O)N[C@H](c2ccccc2)[C@@H](NC(=O)Nc2ccc(Cl)cc2)c2ccccc2)cc1. The van der Waals surface area contributed by atoms with Gasteiger partial charge in [-0.1, -0.05) is 90.0 Å². The fourth-order valence-corrected chi connectivity index (χ4v) is 4.99. The Hall–Kier alpha value is -4.34. The number of hydrogen-bond donors (Lipinski definition) is 4. The average Bonchev–Trinajstić information content (AvgIpc) is 2.93. The standard InChI is InChI=1S/C29H27ClN4O4S/c1-20-12-18-25(19-13-20)39(37,38)34-29(36)33-27(22-10-6-3-7-11-22)26(21-8-4-2-5-9-21)32-28(35)31-24-16-14-23(30)15-17-24/h2-19,26-27H,1H3,(H2,31,32,35)(H2,33,34,36)/t26-,27+/m0/s1. The molecular formula is C29H27ClN4O4S. The van der Waals surface area contributed by atoms with Gasteiger partial charge >= 0.3 is 12.1 Å². The van der Waals surface area contributed by atoms with Crippen molar-refractivity contribution in [3.05, 3.63) is 131 Å². The van der Waals surface area contributed by atoms with E-state index < -0.39 is 34.2 Å². The summed E-state index contributed by atoms with van der Waals surface area (Å²) >= 11 is 5.94. The molecule has 4 aromatic rings. The third-order valence-electron chi connectivity index (χ3n) is 5.88. The van der Waals surface area contributed by atoms with Crippen LogP contribution in [-0.2, 0) is 10.0 Å². The summed E-state index contributed by atoms with van der Waals surface area (Å²) < 4.78 is 27.8. The number of rotatable bonds is 8. The van der Waals surface area contributed by atoms with Crippen LogP contribution in [0.25, 0.3) is 0 Å². The first kappa shape index (κ1) is 27.7. The molecule has 10 heteroatoms. The van der Waals surface area contributed by atoms with Crippen molar-refractivity contribution < 1.29 is 18.0 Å². The van der Waals surface area contributed by atoms with Crippen molar-refractivity contribution in [3.63, 3.8) is 0 Å². The number of aryl methyl sites for hydroxylation is 1. The van der Waals surface area contributed by atoms with Gasteiger partial charge < -0.3 is 16.0 Å². The summed E-state index contributed by atoms with van der Waals surface area (Å²) in [5.41, 5.74) is 2.76. The van der Waals surface area contributed by atoms with Crippen molar-refractivity contribution >= 4 is 39.4 Å². The Morgan fingerprint density at radius 3 is 1.67 bits per heavy atom. The molecule has 0 heterocycles. The molecule has 0 fully saturated rings. The monoisotopic (exact) mass is 562 g/mol. The summed E-state index contributed by atoms with van der Waals surface area (Å²) in [5.74, 6) is 0. The maximum atomic E-state index is 13.1. The third kappa shape index (κ3) is 7.59. The molecule has 0 saturated heterocycles. The quantitative estimate of drug-likeness (QED) is 0.213. The second kappa shape index (κ2) is 12.5. The smallest absolute Gasteiger partial charge is 0.329 e. The number of amides is 4. The number of benzene rings is 4. The van der Waals surface area contributed by atoms with Gasteiger partial charge in [0.15, 0.2) is 0 Å². The molecule has 0 saturated carbocycles. The second-order valence-electron chi connectivity index (χ2n) is 8.77. The highest BCUT2D eigenvalue weighted by molar-refractivity contribution is 7.90. The first-order valence-corrected chi connectivity index (χ1v) is 13.9. The van der Waals surface area contributed by atoms with E-state index in [4.69, 9.17) is 11.6 Å². The summed E-state index contributed by atoms with van der Waals surface area (Å²) in [6.45, 7) is 1.83. The van der Waals surface area contributed by atoms with Crippen LogP contribution in [0, 0.1) is 6.92 Å². The van der Waals surface area contributed by atoms with Gasteiger partial charge in [0.1, 0.15) is 0 Å². The van der Waals surface area contributed by atoms with Gasteiger partial charge in [0, 0.05) is 10.7 Å². The lowest BCUT2D eigenvalue weighted by molar-refractivity contribution is 0.232. The van der Waals surface area contributed by atoms with Crippen LogP contribution in [0.3, 0.4) is 0 Å². The van der Waals surface area contributed by atoms with Crippen LogP contribution < -0.4 is 20.7 Å². The van der Waals surface area contributed by atoms with Gasteiger partial charge in [-0.3, -0.25) is 0 Å². The van der Waals surface area contributed by atoms with Crippen molar-refractivity contribution in [2.45, 2.75) is 23.9 Å². The molecule has 200 valence electrons. The summed E-state index contributed by atoms with van der Waals surface area (Å²) in [7, 11) is -4.13. The number of sulfonamides is 1. The molecule has 2 atom stereocenters. The Bertz CT molecular complexity index is 1520. The molecule has 0 unspecified atom stereocenters. The molecule has 39 heavy (non-hydrogen) atoms. The van der Waals surface area contributed by atoms with Crippen LogP contribution in [0.5, 0.6) is 0 Å². The van der Waals surface area contributed by atoms with E-state index in [1.807, 2.05) is 43.3 Å². The van der Waals surface area contributed by atoms with Crippen molar-refractivity contribution in [1.82, 2.24) is 15.4 Å². The molecule has 0 aliphatic rings. The molecule has 0 aromatic heterocycles. The highest BCUT2D eigenvalue weighted by Crippen LogP contribution is 2.29. The lowest BCUT2D eigenvalue weighted by Crippen LogP contribution is -2.46. The Morgan fingerprint density at radius 2 is 1.15 bits per heavy atom. The van der Waals surface area contributed by atoms with Gasteiger partial charge in [-0.05, 0) is 54.4 Å². The van der Waals surface area contributed by atoms with E-state index in [-0.39, 0.29) is 4.90 Å². The number of anilines is 1. The minimum atomic E-state index is -4.13. The van der Waals surface area contributed by atoms with Gasteiger partial charge in [-0.25, -0.2) is 22.7 Å². The summed E-state index contributed by atoms with van der Waals surface area (Å²) in [5, 5.41) is 8.97. The minimum Gasteiger partial charge on any atom is -0.329 e. The molecule has 0 radical (unpaired) electrons. The van der Waals surface area contributed by atoms with E-state index in [9.17, 15) is 18.0 Å². The van der Waals surface area contributed by atoms with Gasteiger partial charge in [-0.2, -0.15) is 0 Å². The molecule has 4 N–H and O–H groups in total. The van der Waals surface area contributed by atoms with E-state index in [0.717, 1.165) is 5.56 Å². The predicted molar refractivity (Wildman–Crippen MR) is 152 cm³/mol. The maximum Gasteiger partial charge on any atom is 0.329 e. The first-order valence-electron chi connectivity index (χ1n) is 12.0. The van der Waals surface area contributed by atoms with E-state index >= 15 is 0 Å². The molecule has 8 nitrogen and oxygen atoms in total. The van der Waals surface area contributed by atoms with Gasteiger partial charge in [-0.15, -0.1) is 0 Å². The van der Waals surface area contributed by atoms with E-state index in [2.05, 4.69) is 20.7 Å². The van der Waals surface area contributed by atoms with Gasteiger partial charge in [0.05, 0.1) is 17.0 Å². The Kier molecular flexibility index (Phi) is 8.85. The van der Waals surface area contributed by atoms with E-state index in [1.165, 1.54) is 12.1 Å². The number of urea groups is 2. The fourth-order valence-electron chi connectivity index (χ4n) is 3.95. The topological polar surface area (TPSA) is 116 Å². The lowest BCUT2D eigenvalue weighted by atomic mass is 9.93. The van der Waals surface area contributed by atoms with E-state index in [0.29, 0.717) is 21.8 Å². The van der Waals surface area contributed by atoms with Crippen LogP contribution >= 0.6 is 11.6 Å². The van der Waals surface area contributed by atoms with Crippen molar-refractivity contribution in [3.8, 4) is 0 Å². The lowest BCUT2D eigenvalue weighted by Gasteiger charge is -2.30. The van der Waals surface area contributed by atoms with Crippen molar-refractivity contribution in [2.75, 3.05) is 5.32 Å². The molecule has 0 spiro atoms. The predicted octanol–water partition coefficient (Wildman–Crippen LogP) is 5.94. The third-order valence-corrected chi connectivity index (χ3v) is 7.48. The largest absolute Gasteiger partial charge is 0.329 e. The van der Waals surface area contributed by atoms with Crippen LogP contribution in [-0.4, -0.2) is 20.5 Å². The van der Waals surface area contributed by atoms with Crippen molar-refractivity contribution in [2.24, 2.45) is 0 Å². The number of hydrogen-bond acceptors (Lipinski definition) is 4. The van der Waals surface area contributed by atoms with Crippen LogP contribution in [0.4, 0.5) is 15.3 Å². The molecule has 0 aliphatic heterocycles. The summed E-state index contributed by atoms with van der Waals surface area (Å²) in [4.78, 5) is 26.1. The zero-order valence-corrected chi connectivity index (χ0v) is 22.5. The molecule has 4 aromatic carbocycles. The normalized spacial score (nSPS) is 12.6. The number of halogens is 1. The Labute approximate surface area is 232 Å². The van der Waals surface area contributed by atoms with Crippen LogP contribution in [0.1, 0.15) is 28.8 Å². The Morgan fingerprint density at radius 1 is 0.667 bits per heavy atom. The highest BCUT2D eigenvalue weighted by atomic mass is 35.5. The fraction of sp³-hybridized carbons (Fsp3) is 0.103. The molecule has 4 rings (SSSR count). The maximum absolute atomic E-state index is 13.1. The summed E-state index contributed by atoms with van der Waals surface area (Å²) in [6, 6.07) is 27.8. The zero-order valence-electron chi connectivity index (χ0n) is 21.0. The molecule has 0 aliphatic carbocycles. The molecular weight excluding hydrogens is 536 g/mol. The number of nitrogens with one attached hydrogen (secondary N) is 4. The van der Waals surface area contributed by atoms with E-state index in [1.54, 1.807) is 60.7 Å². The van der Waals surface area contributed by atoms with Gasteiger partial charge in [0.2, 0.25) is 0 Å². The zero-order chi connectivity index (χ0) is 27.8. The highest BCUT2D eigenvalue weighted by Gasteiger charge is 2.29. The first-order chi connectivity index (χ1) is 18.7. The van der Waals surface area contributed by atoms with Gasteiger partial charge in [0.25, 0.3) is 10.0 Å². The summed E-state index contributed by atoms with van der Waals surface area (Å²) in [6.07, 6.45) is 0. The van der Waals surface area contributed by atoms with Crippen LogP contribution in [0.2, 0.25) is 5.02 Å². The van der Waals surface area contributed by atoms with Crippen LogP contribution in [0.15, 0.2) is 114 Å². The van der Waals surface area contributed by atoms with Crippen molar-refractivity contribution in [1.29, 1.82) is 0 Å². The average molecular weight is 563 g/mol. The second-order valence-corrected chi connectivity index (χ2v) is 10.9. The Balaban J connectivity index is 1.62.